The van der Waals surface area contributed by atoms with Crippen LogP contribution in [0.3, 0.4) is 0 Å². The van der Waals surface area contributed by atoms with Gasteiger partial charge in [0.25, 0.3) is 0 Å². The van der Waals surface area contributed by atoms with Gasteiger partial charge < -0.3 is 5.32 Å². The van der Waals surface area contributed by atoms with Crippen LogP contribution in [-0.4, -0.2) is 0 Å². The largest absolute Gasteiger partial charge is 0.378 e. The zero-order valence-corrected chi connectivity index (χ0v) is 13.2. The van der Waals surface area contributed by atoms with Gasteiger partial charge in [0, 0.05) is 5.69 Å². The lowest BCUT2D eigenvalue weighted by Gasteiger charge is -2.22. The minimum absolute atomic E-state index is 0.272. The molecule has 0 radical (unpaired) electrons. The molecule has 0 spiro atoms. The fourth-order valence-corrected chi connectivity index (χ4v) is 2.52. The molecule has 106 valence electrons. The summed E-state index contributed by atoms with van der Waals surface area (Å²) in [7, 11) is 0. The highest BCUT2D eigenvalue weighted by Crippen LogP contribution is 2.30. The second kappa shape index (κ2) is 7.01. The second-order valence-corrected chi connectivity index (χ2v) is 6.18. The molecule has 0 fully saturated rings. The highest BCUT2D eigenvalue weighted by Gasteiger charge is 2.13. The lowest BCUT2D eigenvalue weighted by atomic mass is 9.97. The van der Waals surface area contributed by atoms with E-state index in [4.69, 9.17) is 23.2 Å². The van der Waals surface area contributed by atoms with Gasteiger partial charge in [0.1, 0.15) is 0 Å². The fourth-order valence-electron chi connectivity index (χ4n) is 2.22. The molecule has 0 aliphatic heterocycles. The third kappa shape index (κ3) is 4.16. The van der Waals surface area contributed by atoms with Gasteiger partial charge >= 0.3 is 0 Å². The van der Waals surface area contributed by atoms with Crippen LogP contribution in [0.5, 0.6) is 0 Å². The van der Waals surface area contributed by atoms with E-state index in [0.717, 1.165) is 12.1 Å². The first-order valence-electron chi connectivity index (χ1n) is 6.83. The van der Waals surface area contributed by atoms with E-state index in [1.54, 1.807) is 0 Å². The Hall–Kier alpha value is -1.18. The minimum atomic E-state index is 0.272. The standard InChI is InChI=1S/C17H19Cl2N/c1-12(2)10-17(13-6-4-3-5-7-13)20-14-8-9-15(18)16(19)11-14/h3-9,11-12,17,20H,10H2,1-2H3. The smallest absolute Gasteiger partial charge is 0.0612 e. The van der Waals surface area contributed by atoms with Crippen LogP contribution in [0.4, 0.5) is 5.69 Å². The van der Waals surface area contributed by atoms with E-state index in [0.29, 0.717) is 16.0 Å². The molecule has 0 aromatic heterocycles. The van der Waals surface area contributed by atoms with Gasteiger partial charge in [-0.3, -0.25) is 0 Å². The lowest BCUT2D eigenvalue weighted by Crippen LogP contribution is -2.13. The molecule has 0 heterocycles. The Kier molecular flexibility index (Phi) is 5.33. The molecule has 0 bridgehead atoms. The summed E-state index contributed by atoms with van der Waals surface area (Å²) in [6.45, 7) is 4.46. The van der Waals surface area contributed by atoms with Crippen LogP contribution >= 0.6 is 23.2 Å². The van der Waals surface area contributed by atoms with Gasteiger partial charge in [-0.25, -0.2) is 0 Å². The van der Waals surface area contributed by atoms with Crippen LogP contribution in [0.15, 0.2) is 48.5 Å². The molecule has 1 atom stereocenters. The van der Waals surface area contributed by atoms with Crippen LogP contribution in [0.25, 0.3) is 0 Å². The minimum Gasteiger partial charge on any atom is -0.378 e. The first-order chi connectivity index (χ1) is 9.56. The highest BCUT2D eigenvalue weighted by molar-refractivity contribution is 6.42. The molecule has 0 saturated heterocycles. The van der Waals surface area contributed by atoms with Crippen LogP contribution < -0.4 is 5.32 Å². The quantitative estimate of drug-likeness (QED) is 0.694. The molecule has 1 N–H and O–H groups in total. The van der Waals surface area contributed by atoms with E-state index < -0.39 is 0 Å². The highest BCUT2D eigenvalue weighted by atomic mass is 35.5. The van der Waals surface area contributed by atoms with Crippen molar-refractivity contribution in [2.75, 3.05) is 5.32 Å². The summed E-state index contributed by atoms with van der Waals surface area (Å²) in [6.07, 6.45) is 1.06. The van der Waals surface area contributed by atoms with E-state index in [1.165, 1.54) is 5.56 Å². The molecule has 1 unspecified atom stereocenters. The summed E-state index contributed by atoms with van der Waals surface area (Å²) in [5, 5.41) is 4.71. The van der Waals surface area contributed by atoms with Crippen molar-refractivity contribution in [1.82, 2.24) is 0 Å². The molecule has 20 heavy (non-hydrogen) atoms. The predicted octanol–water partition coefficient (Wildman–Crippen LogP) is 6.19. The number of rotatable bonds is 5. The Morgan fingerprint density at radius 3 is 2.25 bits per heavy atom. The van der Waals surface area contributed by atoms with Gasteiger partial charge in [-0.15, -0.1) is 0 Å². The maximum atomic E-state index is 6.08. The zero-order chi connectivity index (χ0) is 14.5. The topological polar surface area (TPSA) is 12.0 Å². The Morgan fingerprint density at radius 1 is 0.950 bits per heavy atom. The molecule has 0 amide bonds. The Morgan fingerprint density at radius 2 is 1.65 bits per heavy atom. The number of hydrogen-bond acceptors (Lipinski definition) is 1. The first kappa shape index (κ1) is 15.2. The summed E-state index contributed by atoms with van der Waals surface area (Å²) >= 11 is 12.0. The zero-order valence-electron chi connectivity index (χ0n) is 11.7. The van der Waals surface area contributed by atoms with Gasteiger partial charge in [-0.1, -0.05) is 67.4 Å². The number of halogens is 2. The maximum Gasteiger partial charge on any atom is 0.0612 e. The summed E-state index contributed by atoms with van der Waals surface area (Å²) in [6, 6.07) is 16.4. The molecule has 2 aromatic rings. The number of hydrogen-bond donors (Lipinski definition) is 1. The van der Waals surface area contributed by atoms with Crippen molar-refractivity contribution >= 4 is 28.9 Å². The van der Waals surface area contributed by atoms with Gasteiger partial charge in [0.2, 0.25) is 0 Å². The summed E-state index contributed by atoms with van der Waals surface area (Å²) in [4.78, 5) is 0. The van der Waals surface area contributed by atoms with Crippen LogP contribution in [-0.2, 0) is 0 Å². The molecular formula is C17H19Cl2N. The van der Waals surface area contributed by atoms with E-state index in [1.807, 2.05) is 24.3 Å². The molecule has 0 saturated carbocycles. The van der Waals surface area contributed by atoms with Gasteiger partial charge in [-0.2, -0.15) is 0 Å². The average molecular weight is 308 g/mol. The maximum absolute atomic E-state index is 6.08. The molecule has 3 heteroatoms. The Bertz CT molecular complexity index is 552. The van der Waals surface area contributed by atoms with E-state index in [2.05, 4.69) is 43.4 Å². The van der Waals surface area contributed by atoms with Crippen molar-refractivity contribution in [3.8, 4) is 0 Å². The molecular weight excluding hydrogens is 289 g/mol. The third-order valence-corrected chi connectivity index (χ3v) is 3.91. The van der Waals surface area contributed by atoms with Gasteiger partial charge in [0.15, 0.2) is 0 Å². The van der Waals surface area contributed by atoms with Crippen molar-refractivity contribution in [3.05, 3.63) is 64.1 Å². The normalized spacial score (nSPS) is 12.4. The Labute approximate surface area is 130 Å². The molecule has 0 aliphatic carbocycles. The van der Waals surface area contributed by atoms with Crippen molar-refractivity contribution in [2.45, 2.75) is 26.3 Å². The van der Waals surface area contributed by atoms with Crippen LogP contribution in [0.1, 0.15) is 31.9 Å². The number of nitrogens with one attached hydrogen (secondary N) is 1. The predicted molar refractivity (Wildman–Crippen MR) is 88.7 cm³/mol. The van der Waals surface area contributed by atoms with Crippen molar-refractivity contribution in [1.29, 1.82) is 0 Å². The second-order valence-electron chi connectivity index (χ2n) is 5.37. The molecule has 1 nitrogen and oxygen atoms in total. The van der Waals surface area contributed by atoms with Crippen molar-refractivity contribution in [2.24, 2.45) is 5.92 Å². The average Bonchev–Trinajstić information content (AvgIpc) is 2.43. The summed E-state index contributed by atoms with van der Waals surface area (Å²) in [5.41, 5.74) is 2.28. The lowest BCUT2D eigenvalue weighted by molar-refractivity contribution is 0.531. The van der Waals surface area contributed by atoms with Crippen LogP contribution in [0, 0.1) is 5.92 Å². The summed E-state index contributed by atoms with van der Waals surface area (Å²) in [5.74, 6) is 0.607. The van der Waals surface area contributed by atoms with E-state index in [9.17, 15) is 0 Å². The fraction of sp³-hybridized carbons (Fsp3) is 0.294. The van der Waals surface area contributed by atoms with E-state index in [-0.39, 0.29) is 6.04 Å². The molecule has 2 aromatic carbocycles. The number of benzene rings is 2. The SMILES string of the molecule is CC(C)CC(Nc1ccc(Cl)c(Cl)c1)c1ccccc1. The number of anilines is 1. The van der Waals surface area contributed by atoms with Crippen molar-refractivity contribution < 1.29 is 0 Å². The molecule has 0 aliphatic rings. The monoisotopic (exact) mass is 307 g/mol. The van der Waals surface area contributed by atoms with E-state index >= 15 is 0 Å². The first-order valence-corrected chi connectivity index (χ1v) is 7.58. The molecule has 2 rings (SSSR count). The Balaban J connectivity index is 2.21. The van der Waals surface area contributed by atoms with Gasteiger partial charge in [-0.05, 0) is 36.1 Å². The van der Waals surface area contributed by atoms with Crippen LogP contribution in [0.2, 0.25) is 10.0 Å². The van der Waals surface area contributed by atoms with Crippen molar-refractivity contribution in [3.63, 3.8) is 0 Å². The third-order valence-electron chi connectivity index (χ3n) is 3.17. The summed E-state index contributed by atoms with van der Waals surface area (Å²) < 4.78 is 0. The van der Waals surface area contributed by atoms with Gasteiger partial charge in [0.05, 0.1) is 16.1 Å².